The van der Waals surface area contributed by atoms with Gasteiger partial charge in [-0.1, -0.05) is 27.7 Å². The molecule has 0 bridgehead atoms. The van der Waals surface area contributed by atoms with E-state index in [1.807, 2.05) is 0 Å². The van der Waals surface area contributed by atoms with E-state index in [2.05, 4.69) is 43.2 Å². The van der Waals surface area contributed by atoms with Gasteiger partial charge in [0.1, 0.15) is 0 Å². The lowest BCUT2D eigenvalue weighted by atomic mass is 9.97. The number of aryl methyl sites for hydroxylation is 1. The first kappa shape index (κ1) is 13.2. The van der Waals surface area contributed by atoms with Crippen molar-refractivity contribution in [1.29, 1.82) is 0 Å². The zero-order valence-electron chi connectivity index (χ0n) is 10.8. The van der Waals surface area contributed by atoms with Crippen LogP contribution in [0.5, 0.6) is 0 Å². The fraction of sp³-hybridized carbons (Fsp3) is 0.833. The molecule has 0 saturated carbocycles. The van der Waals surface area contributed by atoms with Gasteiger partial charge in [0.2, 0.25) is 11.8 Å². The van der Waals surface area contributed by atoms with Crippen LogP contribution in [0.1, 0.15) is 52.3 Å². The van der Waals surface area contributed by atoms with Crippen molar-refractivity contribution in [2.45, 2.75) is 52.4 Å². The molecule has 0 fully saturated rings. The first-order valence-corrected chi connectivity index (χ1v) is 6.07. The molecule has 0 aliphatic carbocycles. The van der Waals surface area contributed by atoms with E-state index >= 15 is 0 Å². The molecule has 4 nitrogen and oxygen atoms in total. The molecular formula is C12H23N3O. The number of rotatable bonds is 6. The first-order valence-electron chi connectivity index (χ1n) is 6.07. The van der Waals surface area contributed by atoms with Gasteiger partial charge in [0.25, 0.3) is 0 Å². The summed E-state index contributed by atoms with van der Waals surface area (Å²) in [7, 11) is 0. The molecule has 0 unspecified atom stereocenters. The van der Waals surface area contributed by atoms with E-state index in [4.69, 9.17) is 4.42 Å². The van der Waals surface area contributed by atoms with Gasteiger partial charge in [-0.2, -0.15) is 0 Å². The van der Waals surface area contributed by atoms with Crippen molar-refractivity contribution in [3.05, 3.63) is 11.8 Å². The number of hydrogen-bond donors (Lipinski definition) is 1. The summed E-state index contributed by atoms with van der Waals surface area (Å²) in [4.78, 5) is 0. The Kier molecular flexibility index (Phi) is 4.93. The fourth-order valence-electron chi connectivity index (χ4n) is 1.32. The fourth-order valence-corrected chi connectivity index (χ4v) is 1.32. The van der Waals surface area contributed by atoms with Gasteiger partial charge in [0, 0.05) is 11.8 Å². The smallest absolute Gasteiger partial charge is 0.221 e. The number of nitrogens with one attached hydrogen (secondary N) is 1. The molecule has 0 amide bonds. The van der Waals surface area contributed by atoms with E-state index in [0.717, 1.165) is 37.7 Å². The van der Waals surface area contributed by atoms with Crippen LogP contribution < -0.4 is 5.32 Å². The van der Waals surface area contributed by atoms with Crippen LogP contribution in [0.15, 0.2) is 4.42 Å². The third-order valence-electron chi connectivity index (χ3n) is 2.28. The molecule has 4 heteroatoms. The van der Waals surface area contributed by atoms with E-state index < -0.39 is 0 Å². The zero-order chi connectivity index (χ0) is 12.0. The Balaban J connectivity index is 2.30. The van der Waals surface area contributed by atoms with Crippen LogP contribution in [0, 0.1) is 0 Å². The Morgan fingerprint density at radius 2 is 1.94 bits per heavy atom. The van der Waals surface area contributed by atoms with Gasteiger partial charge in [-0.25, -0.2) is 0 Å². The minimum atomic E-state index is -0.0499. The molecule has 1 rings (SSSR count). The molecule has 92 valence electrons. The van der Waals surface area contributed by atoms with Crippen LogP contribution in [0.4, 0.5) is 0 Å². The largest absolute Gasteiger partial charge is 0.425 e. The molecule has 1 N–H and O–H groups in total. The zero-order valence-corrected chi connectivity index (χ0v) is 10.8. The Labute approximate surface area is 97.8 Å². The van der Waals surface area contributed by atoms with Gasteiger partial charge in [0.05, 0.1) is 0 Å². The van der Waals surface area contributed by atoms with E-state index in [1.165, 1.54) is 6.42 Å². The molecule has 0 radical (unpaired) electrons. The Morgan fingerprint density at radius 1 is 1.19 bits per heavy atom. The quantitative estimate of drug-likeness (QED) is 0.755. The van der Waals surface area contributed by atoms with E-state index in [0.29, 0.717) is 0 Å². The SMILES string of the molecule is CCCNCCCc1nnc(C(C)(C)C)o1. The summed E-state index contributed by atoms with van der Waals surface area (Å²) in [5, 5.41) is 11.5. The molecular weight excluding hydrogens is 202 g/mol. The van der Waals surface area contributed by atoms with E-state index in [9.17, 15) is 0 Å². The standard InChI is InChI=1S/C12H23N3O/c1-5-8-13-9-6-7-10-14-15-11(16-10)12(2,3)4/h13H,5-9H2,1-4H3. The monoisotopic (exact) mass is 225 g/mol. The molecule has 0 aromatic carbocycles. The number of aromatic nitrogens is 2. The maximum absolute atomic E-state index is 5.60. The highest BCUT2D eigenvalue weighted by atomic mass is 16.4. The topological polar surface area (TPSA) is 51.0 Å². The summed E-state index contributed by atoms with van der Waals surface area (Å²) in [6.45, 7) is 10.5. The van der Waals surface area contributed by atoms with Crippen LogP contribution in [0.3, 0.4) is 0 Å². The van der Waals surface area contributed by atoms with Crippen LogP contribution in [0.2, 0.25) is 0 Å². The van der Waals surface area contributed by atoms with Gasteiger partial charge in [-0.15, -0.1) is 10.2 Å². The van der Waals surface area contributed by atoms with Crippen LogP contribution in [-0.2, 0) is 11.8 Å². The highest BCUT2D eigenvalue weighted by molar-refractivity contribution is 4.96. The van der Waals surface area contributed by atoms with Crippen molar-refractivity contribution >= 4 is 0 Å². The number of hydrogen-bond acceptors (Lipinski definition) is 4. The molecule has 0 spiro atoms. The van der Waals surface area contributed by atoms with Gasteiger partial charge in [-0.05, 0) is 25.9 Å². The summed E-state index contributed by atoms with van der Waals surface area (Å²) in [5.41, 5.74) is -0.0499. The van der Waals surface area contributed by atoms with Crippen molar-refractivity contribution in [2.24, 2.45) is 0 Å². The minimum Gasteiger partial charge on any atom is -0.425 e. The molecule has 0 aliphatic heterocycles. The minimum absolute atomic E-state index is 0.0499. The molecule has 0 aliphatic rings. The van der Waals surface area contributed by atoms with Gasteiger partial charge >= 0.3 is 0 Å². The third kappa shape index (κ3) is 4.31. The first-order chi connectivity index (χ1) is 7.54. The predicted molar refractivity (Wildman–Crippen MR) is 64.5 cm³/mol. The lowest BCUT2D eigenvalue weighted by Crippen LogP contribution is -2.16. The summed E-state index contributed by atoms with van der Waals surface area (Å²) < 4.78 is 5.60. The average molecular weight is 225 g/mol. The summed E-state index contributed by atoms with van der Waals surface area (Å²) in [6, 6.07) is 0. The number of nitrogens with zero attached hydrogens (tertiary/aromatic N) is 2. The van der Waals surface area contributed by atoms with Crippen LogP contribution >= 0.6 is 0 Å². The van der Waals surface area contributed by atoms with E-state index in [1.54, 1.807) is 0 Å². The molecule has 1 aromatic rings. The summed E-state index contributed by atoms with van der Waals surface area (Å²) in [5.74, 6) is 1.48. The molecule has 16 heavy (non-hydrogen) atoms. The summed E-state index contributed by atoms with van der Waals surface area (Å²) >= 11 is 0. The molecule has 0 saturated heterocycles. The maximum atomic E-state index is 5.60. The lowest BCUT2D eigenvalue weighted by Gasteiger charge is -2.10. The van der Waals surface area contributed by atoms with Crippen molar-refractivity contribution in [2.75, 3.05) is 13.1 Å². The second-order valence-corrected chi connectivity index (χ2v) is 5.10. The summed E-state index contributed by atoms with van der Waals surface area (Å²) in [6.07, 6.45) is 3.08. The Morgan fingerprint density at radius 3 is 2.50 bits per heavy atom. The van der Waals surface area contributed by atoms with Gasteiger partial charge in [0.15, 0.2) is 0 Å². The highest BCUT2D eigenvalue weighted by Gasteiger charge is 2.20. The molecule has 0 atom stereocenters. The molecule has 1 heterocycles. The highest BCUT2D eigenvalue weighted by Crippen LogP contribution is 2.20. The van der Waals surface area contributed by atoms with Crippen LogP contribution in [-0.4, -0.2) is 23.3 Å². The van der Waals surface area contributed by atoms with Crippen molar-refractivity contribution in [3.8, 4) is 0 Å². The van der Waals surface area contributed by atoms with Crippen molar-refractivity contribution in [3.63, 3.8) is 0 Å². The maximum Gasteiger partial charge on any atom is 0.221 e. The van der Waals surface area contributed by atoms with Gasteiger partial charge in [-0.3, -0.25) is 0 Å². The predicted octanol–water partition coefficient (Wildman–Crippen LogP) is 2.30. The normalized spacial score (nSPS) is 12.0. The second kappa shape index (κ2) is 5.99. The third-order valence-corrected chi connectivity index (χ3v) is 2.28. The van der Waals surface area contributed by atoms with Crippen LogP contribution in [0.25, 0.3) is 0 Å². The average Bonchev–Trinajstić information content (AvgIpc) is 2.65. The Bertz CT molecular complexity index is 301. The molecule has 1 aromatic heterocycles. The van der Waals surface area contributed by atoms with Gasteiger partial charge < -0.3 is 9.73 Å². The van der Waals surface area contributed by atoms with Crippen molar-refractivity contribution in [1.82, 2.24) is 15.5 Å². The Hall–Kier alpha value is -0.900. The van der Waals surface area contributed by atoms with E-state index in [-0.39, 0.29) is 5.41 Å². The van der Waals surface area contributed by atoms with Crippen molar-refractivity contribution < 1.29 is 4.42 Å². The lowest BCUT2D eigenvalue weighted by molar-refractivity contribution is 0.369. The second-order valence-electron chi connectivity index (χ2n) is 5.10.